The fourth-order valence-electron chi connectivity index (χ4n) is 4.50. The molecule has 0 N–H and O–H groups in total. The topological polar surface area (TPSA) is 9.23 Å². The van der Waals surface area contributed by atoms with Gasteiger partial charge in [0.1, 0.15) is 5.82 Å². The molecule has 0 radical (unpaired) electrons. The van der Waals surface area contributed by atoms with Gasteiger partial charge in [-0.15, -0.1) is 13.2 Å². The van der Waals surface area contributed by atoms with Gasteiger partial charge in [-0.05, 0) is 66.0 Å². The van der Waals surface area contributed by atoms with Gasteiger partial charge in [-0.3, -0.25) is 0 Å². The Bertz CT molecular complexity index is 1500. The van der Waals surface area contributed by atoms with Crippen molar-refractivity contribution in [3.63, 3.8) is 0 Å². The zero-order valence-electron chi connectivity index (χ0n) is 22.0. The van der Waals surface area contributed by atoms with E-state index < -0.39 is 29.6 Å². The lowest BCUT2D eigenvalue weighted by atomic mass is 9.98. The highest BCUT2D eigenvalue weighted by Gasteiger charge is 2.34. The molecule has 0 atom stereocenters. The highest BCUT2D eigenvalue weighted by atomic mass is 19.4. The van der Waals surface area contributed by atoms with E-state index in [1.807, 2.05) is 12.1 Å². The molecule has 40 heavy (non-hydrogen) atoms. The second-order valence-electron chi connectivity index (χ2n) is 9.68. The lowest BCUT2D eigenvalue weighted by Crippen LogP contribution is -2.19. The van der Waals surface area contributed by atoms with Crippen molar-refractivity contribution in [3.8, 4) is 17.6 Å². The molecule has 0 amide bonds. The molecule has 4 aromatic carbocycles. The number of hydrogen-bond acceptors (Lipinski definition) is 1. The van der Waals surface area contributed by atoms with Crippen LogP contribution in [-0.2, 0) is 19.3 Å². The summed E-state index contributed by atoms with van der Waals surface area (Å²) in [6.45, 7) is 2.20. The molecule has 0 heterocycles. The maximum absolute atomic E-state index is 15.1. The van der Waals surface area contributed by atoms with Gasteiger partial charge < -0.3 is 4.74 Å². The van der Waals surface area contributed by atoms with E-state index in [1.54, 1.807) is 12.1 Å². The van der Waals surface area contributed by atoms with Crippen molar-refractivity contribution in [2.45, 2.75) is 58.2 Å². The molecule has 4 rings (SSSR count). The highest BCUT2D eigenvalue weighted by Crippen LogP contribution is 2.29. The predicted molar refractivity (Wildman–Crippen MR) is 145 cm³/mol. The number of ether oxygens (including phenoxy) is 1. The molecule has 0 spiro atoms. The Labute approximate surface area is 229 Å². The monoisotopic (exact) mass is 554 g/mol. The van der Waals surface area contributed by atoms with Crippen molar-refractivity contribution in [2.75, 3.05) is 0 Å². The maximum Gasteiger partial charge on any atom is 0.573 e. The summed E-state index contributed by atoms with van der Waals surface area (Å²) >= 11 is 0. The predicted octanol–water partition coefficient (Wildman–Crippen LogP) is 9.46. The standard InChI is InChI=1S/C33H28F6O/c1-2-3-4-5-6-22-7-9-23(10-8-22)11-12-24-14-18-28-27(19-24)17-16-26(31(28)36)15-13-25-20-29(34)32(30(35)21-25)40-33(37,38)39/h7-10,14,16-21H,2-6,11-12H2,1H3. The van der Waals surface area contributed by atoms with Crippen LogP contribution in [0.15, 0.2) is 66.7 Å². The molecule has 0 aliphatic heterocycles. The first kappa shape index (κ1) is 29.1. The van der Waals surface area contributed by atoms with Gasteiger partial charge >= 0.3 is 6.36 Å². The number of fused-ring (bicyclic) bond motifs is 1. The number of benzene rings is 4. The van der Waals surface area contributed by atoms with E-state index in [0.29, 0.717) is 22.9 Å². The molecule has 0 bridgehead atoms. The lowest BCUT2D eigenvalue weighted by molar-refractivity contribution is -0.276. The van der Waals surface area contributed by atoms with Gasteiger partial charge in [-0.1, -0.05) is 86.6 Å². The van der Waals surface area contributed by atoms with Crippen molar-refractivity contribution >= 4 is 10.8 Å². The van der Waals surface area contributed by atoms with Crippen molar-refractivity contribution in [1.82, 2.24) is 0 Å². The first-order chi connectivity index (χ1) is 19.1. The van der Waals surface area contributed by atoms with Crippen LogP contribution in [-0.4, -0.2) is 6.36 Å². The van der Waals surface area contributed by atoms with Crippen LogP contribution in [0, 0.1) is 29.3 Å². The van der Waals surface area contributed by atoms with Gasteiger partial charge in [0.25, 0.3) is 0 Å². The maximum atomic E-state index is 15.1. The van der Waals surface area contributed by atoms with Gasteiger partial charge in [-0.2, -0.15) is 0 Å². The Balaban J connectivity index is 1.43. The van der Waals surface area contributed by atoms with Crippen LogP contribution >= 0.6 is 0 Å². The number of alkyl halides is 3. The summed E-state index contributed by atoms with van der Waals surface area (Å²) in [7, 11) is 0. The van der Waals surface area contributed by atoms with Gasteiger partial charge in [0.05, 0.1) is 5.56 Å². The number of rotatable bonds is 9. The molecule has 208 valence electrons. The zero-order chi connectivity index (χ0) is 28.7. The van der Waals surface area contributed by atoms with Gasteiger partial charge in [0, 0.05) is 10.9 Å². The minimum atomic E-state index is -5.25. The van der Waals surface area contributed by atoms with E-state index >= 15 is 4.39 Å². The van der Waals surface area contributed by atoms with E-state index in [4.69, 9.17) is 0 Å². The van der Waals surface area contributed by atoms with Crippen LogP contribution in [0.4, 0.5) is 26.3 Å². The second kappa shape index (κ2) is 13.0. The molecule has 1 nitrogen and oxygen atoms in total. The quantitative estimate of drug-likeness (QED) is 0.114. The summed E-state index contributed by atoms with van der Waals surface area (Å²) in [5, 5.41) is 1.03. The molecule has 0 aliphatic rings. The smallest absolute Gasteiger partial charge is 0.399 e. The summed E-state index contributed by atoms with van der Waals surface area (Å²) < 4.78 is 83.4. The summed E-state index contributed by atoms with van der Waals surface area (Å²) in [5.74, 6) is -0.381. The van der Waals surface area contributed by atoms with Crippen LogP contribution in [0.3, 0.4) is 0 Å². The molecular weight excluding hydrogens is 526 g/mol. The summed E-state index contributed by atoms with van der Waals surface area (Å²) in [4.78, 5) is 0. The van der Waals surface area contributed by atoms with Crippen LogP contribution in [0.2, 0.25) is 0 Å². The minimum Gasteiger partial charge on any atom is -0.399 e. The van der Waals surface area contributed by atoms with Crippen LogP contribution in [0.5, 0.6) is 5.75 Å². The first-order valence-corrected chi connectivity index (χ1v) is 13.2. The normalized spacial score (nSPS) is 11.4. The molecule has 7 heteroatoms. The van der Waals surface area contributed by atoms with Crippen LogP contribution < -0.4 is 4.74 Å². The fraction of sp³-hybridized carbons (Fsp3) is 0.273. The first-order valence-electron chi connectivity index (χ1n) is 13.2. The van der Waals surface area contributed by atoms with Crippen LogP contribution in [0.1, 0.15) is 60.4 Å². The summed E-state index contributed by atoms with van der Waals surface area (Å²) in [5.41, 5.74) is 3.37. The Kier molecular flexibility index (Phi) is 9.42. The van der Waals surface area contributed by atoms with E-state index in [2.05, 4.69) is 47.8 Å². The fourth-order valence-corrected chi connectivity index (χ4v) is 4.50. The molecule has 0 aromatic heterocycles. The number of unbranched alkanes of at least 4 members (excludes halogenated alkanes) is 3. The second-order valence-corrected chi connectivity index (χ2v) is 9.68. The van der Waals surface area contributed by atoms with E-state index in [1.165, 1.54) is 42.9 Å². The third-order valence-corrected chi connectivity index (χ3v) is 6.62. The summed E-state index contributed by atoms with van der Waals surface area (Å²) in [6.07, 6.45) is 2.46. The van der Waals surface area contributed by atoms with Crippen molar-refractivity contribution in [1.29, 1.82) is 0 Å². The third kappa shape index (κ3) is 7.81. The zero-order valence-corrected chi connectivity index (χ0v) is 22.0. The van der Waals surface area contributed by atoms with Gasteiger partial charge in [-0.25, -0.2) is 13.2 Å². The van der Waals surface area contributed by atoms with Crippen molar-refractivity contribution in [2.24, 2.45) is 0 Å². The summed E-state index contributed by atoms with van der Waals surface area (Å²) in [6, 6.07) is 18.5. The van der Waals surface area contributed by atoms with E-state index in [-0.39, 0.29) is 11.1 Å². The Hall–Kier alpha value is -3.92. The average Bonchev–Trinajstić information content (AvgIpc) is 2.92. The molecule has 0 saturated heterocycles. The third-order valence-electron chi connectivity index (χ3n) is 6.62. The highest BCUT2D eigenvalue weighted by molar-refractivity contribution is 5.85. The minimum absolute atomic E-state index is 0.00790. The van der Waals surface area contributed by atoms with Crippen molar-refractivity contribution in [3.05, 3.63) is 112 Å². The molecule has 0 fully saturated rings. The molecule has 0 saturated carbocycles. The van der Waals surface area contributed by atoms with E-state index in [0.717, 1.165) is 24.8 Å². The average molecular weight is 555 g/mol. The Morgan fingerprint density at radius 3 is 1.95 bits per heavy atom. The largest absolute Gasteiger partial charge is 0.573 e. The van der Waals surface area contributed by atoms with Crippen molar-refractivity contribution < 1.29 is 31.1 Å². The number of hydrogen-bond donors (Lipinski definition) is 0. The number of aryl methyl sites for hydroxylation is 3. The molecule has 0 aliphatic carbocycles. The van der Waals surface area contributed by atoms with Crippen LogP contribution in [0.25, 0.3) is 10.8 Å². The molecular formula is C33H28F6O. The molecule has 4 aromatic rings. The van der Waals surface area contributed by atoms with Gasteiger partial charge in [0.15, 0.2) is 11.6 Å². The van der Waals surface area contributed by atoms with Gasteiger partial charge in [0.2, 0.25) is 5.75 Å². The SMILES string of the molecule is CCCCCCc1ccc(CCc2ccc3c(F)c(C#Cc4cc(F)c(OC(F)(F)F)c(F)c4)ccc3c2)cc1. The van der Waals surface area contributed by atoms with E-state index in [9.17, 15) is 22.0 Å². The molecule has 0 unspecified atom stereocenters. The Morgan fingerprint density at radius 2 is 1.30 bits per heavy atom. The Morgan fingerprint density at radius 1 is 0.675 bits per heavy atom. The lowest BCUT2D eigenvalue weighted by Gasteiger charge is -2.10. The number of halogens is 6.